The Hall–Kier alpha value is -0.710. The maximum absolute atomic E-state index is 5.55. The molecule has 0 aliphatic rings. The van der Waals surface area contributed by atoms with E-state index >= 15 is 0 Å². The molecule has 3 N–H and O–H groups in total. The van der Waals surface area contributed by atoms with E-state index in [2.05, 4.69) is 24.5 Å². The fourth-order valence-corrected chi connectivity index (χ4v) is 2.20. The molecule has 16 heavy (non-hydrogen) atoms. The summed E-state index contributed by atoms with van der Waals surface area (Å²) >= 11 is 1.88. The number of hydrogen-bond acceptors (Lipinski definition) is 4. The summed E-state index contributed by atoms with van der Waals surface area (Å²) in [5.41, 5.74) is 4.04. The molecule has 0 saturated heterocycles. The van der Waals surface area contributed by atoms with Crippen LogP contribution in [0, 0.1) is 0 Å². The van der Waals surface area contributed by atoms with E-state index in [1.54, 1.807) is 0 Å². The minimum atomic E-state index is 0.209. The lowest BCUT2D eigenvalue weighted by Crippen LogP contribution is -2.29. The first-order chi connectivity index (χ1) is 7.81. The monoisotopic (exact) mass is 240 g/mol. The van der Waals surface area contributed by atoms with Gasteiger partial charge in [-0.15, -0.1) is 0 Å². The number of rotatable bonds is 7. The first-order valence-corrected chi connectivity index (χ1v) is 6.73. The lowest BCUT2D eigenvalue weighted by Gasteiger charge is -2.16. The molecular formula is C12H20N2OS. The maximum Gasteiger partial charge on any atom is 0.119 e. The molecule has 0 radical (unpaired) electrons. The van der Waals surface area contributed by atoms with Gasteiger partial charge < -0.3 is 4.74 Å². The van der Waals surface area contributed by atoms with Gasteiger partial charge in [-0.1, -0.05) is 19.1 Å². The highest BCUT2D eigenvalue weighted by atomic mass is 32.2. The molecule has 3 nitrogen and oxygen atoms in total. The summed E-state index contributed by atoms with van der Waals surface area (Å²) in [6.07, 6.45) is 0. The minimum absolute atomic E-state index is 0.209. The maximum atomic E-state index is 5.55. The lowest BCUT2D eigenvalue weighted by molar-refractivity contribution is 0.340. The van der Waals surface area contributed by atoms with Gasteiger partial charge in [0.15, 0.2) is 0 Å². The van der Waals surface area contributed by atoms with Crippen LogP contribution in [0.5, 0.6) is 5.75 Å². The van der Waals surface area contributed by atoms with Crippen LogP contribution in [0.3, 0.4) is 0 Å². The second kappa shape index (κ2) is 7.54. The summed E-state index contributed by atoms with van der Waals surface area (Å²) in [7, 11) is 0. The zero-order chi connectivity index (χ0) is 11.8. The molecule has 4 heteroatoms. The van der Waals surface area contributed by atoms with Crippen LogP contribution in [0.4, 0.5) is 0 Å². The molecule has 90 valence electrons. The van der Waals surface area contributed by atoms with E-state index in [1.807, 2.05) is 30.8 Å². The van der Waals surface area contributed by atoms with Gasteiger partial charge in [0, 0.05) is 5.75 Å². The molecule has 0 amide bonds. The van der Waals surface area contributed by atoms with Gasteiger partial charge in [-0.05, 0) is 30.4 Å². The van der Waals surface area contributed by atoms with E-state index in [4.69, 9.17) is 10.6 Å². The lowest BCUT2D eigenvalue weighted by atomic mass is 10.1. The number of hydrogen-bond donors (Lipinski definition) is 2. The normalized spacial score (nSPS) is 12.4. The van der Waals surface area contributed by atoms with Crippen molar-refractivity contribution in [3.8, 4) is 5.75 Å². The molecule has 0 bridgehead atoms. The SMILES string of the molecule is CCOc1ccc(C(CSCC)NN)cc1. The largest absolute Gasteiger partial charge is 0.494 e. The number of thioether (sulfide) groups is 1. The van der Waals surface area contributed by atoms with E-state index in [1.165, 1.54) is 5.56 Å². The molecule has 1 rings (SSSR count). The van der Waals surface area contributed by atoms with Crippen LogP contribution in [0.1, 0.15) is 25.5 Å². The van der Waals surface area contributed by atoms with Gasteiger partial charge in [-0.2, -0.15) is 11.8 Å². The quantitative estimate of drug-likeness (QED) is 0.567. The molecule has 0 aliphatic carbocycles. The molecule has 0 fully saturated rings. The first-order valence-electron chi connectivity index (χ1n) is 5.58. The molecule has 0 spiro atoms. The van der Waals surface area contributed by atoms with Crippen molar-refractivity contribution in [3.63, 3.8) is 0 Å². The molecular weight excluding hydrogens is 220 g/mol. The standard InChI is InChI=1S/C12H20N2OS/c1-3-15-11-7-5-10(6-8-11)12(14-13)9-16-4-2/h5-8,12,14H,3-4,9,13H2,1-2H3. The average Bonchev–Trinajstić information content (AvgIpc) is 2.32. The summed E-state index contributed by atoms with van der Waals surface area (Å²) in [6, 6.07) is 8.30. The van der Waals surface area contributed by atoms with Gasteiger partial charge in [0.05, 0.1) is 12.6 Å². The second-order valence-electron chi connectivity index (χ2n) is 3.38. The molecule has 1 unspecified atom stereocenters. The zero-order valence-corrected chi connectivity index (χ0v) is 10.7. The Labute approximate surface area is 102 Å². The molecule has 0 heterocycles. The van der Waals surface area contributed by atoms with E-state index in [0.29, 0.717) is 6.61 Å². The Balaban J connectivity index is 2.62. The van der Waals surface area contributed by atoms with E-state index in [-0.39, 0.29) is 6.04 Å². The van der Waals surface area contributed by atoms with Crippen molar-refractivity contribution in [2.24, 2.45) is 5.84 Å². The summed E-state index contributed by atoms with van der Waals surface area (Å²) < 4.78 is 5.40. The number of benzene rings is 1. The highest BCUT2D eigenvalue weighted by molar-refractivity contribution is 7.99. The Morgan fingerprint density at radius 2 is 2.00 bits per heavy atom. The van der Waals surface area contributed by atoms with Gasteiger partial charge >= 0.3 is 0 Å². The third-order valence-corrected chi connectivity index (χ3v) is 3.26. The van der Waals surface area contributed by atoms with Gasteiger partial charge in [0.25, 0.3) is 0 Å². The zero-order valence-electron chi connectivity index (χ0n) is 9.90. The Kier molecular flexibility index (Phi) is 6.30. The molecule has 1 aromatic carbocycles. The van der Waals surface area contributed by atoms with Gasteiger partial charge in [-0.25, -0.2) is 0 Å². The van der Waals surface area contributed by atoms with Crippen LogP contribution in [-0.4, -0.2) is 18.1 Å². The van der Waals surface area contributed by atoms with Crippen LogP contribution in [0.2, 0.25) is 0 Å². The van der Waals surface area contributed by atoms with Crippen molar-refractivity contribution >= 4 is 11.8 Å². The number of nitrogens with two attached hydrogens (primary N) is 1. The van der Waals surface area contributed by atoms with Gasteiger partial charge in [0.1, 0.15) is 5.75 Å². The van der Waals surface area contributed by atoms with Crippen molar-refractivity contribution in [3.05, 3.63) is 29.8 Å². The number of nitrogens with one attached hydrogen (secondary N) is 1. The minimum Gasteiger partial charge on any atom is -0.494 e. The van der Waals surface area contributed by atoms with Crippen LogP contribution in [0.15, 0.2) is 24.3 Å². The number of hydrazine groups is 1. The van der Waals surface area contributed by atoms with Crippen molar-refractivity contribution in [1.29, 1.82) is 0 Å². The molecule has 0 aliphatic heterocycles. The van der Waals surface area contributed by atoms with Crippen LogP contribution in [-0.2, 0) is 0 Å². The fraction of sp³-hybridized carbons (Fsp3) is 0.500. The first kappa shape index (κ1) is 13.4. The third kappa shape index (κ3) is 4.04. The summed E-state index contributed by atoms with van der Waals surface area (Å²) in [4.78, 5) is 0. The predicted molar refractivity (Wildman–Crippen MR) is 70.7 cm³/mol. The highest BCUT2D eigenvalue weighted by Crippen LogP contribution is 2.20. The summed E-state index contributed by atoms with van der Waals surface area (Å²) in [5.74, 6) is 8.55. The topological polar surface area (TPSA) is 47.3 Å². The molecule has 1 atom stereocenters. The second-order valence-corrected chi connectivity index (χ2v) is 4.70. The molecule has 0 saturated carbocycles. The average molecular weight is 240 g/mol. The van der Waals surface area contributed by atoms with Crippen molar-refractivity contribution in [2.45, 2.75) is 19.9 Å². The van der Waals surface area contributed by atoms with Crippen molar-refractivity contribution < 1.29 is 4.74 Å². The fourth-order valence-electron chi connectivity index (χ4n) is 1.44. The third-order valence-electron chi connectivity index (χ3n) is 2.28. The van der Waals surface area contributed by atoms with Gasteiger partial charge in [0.2, 0.25) is 0 Å². The molecule has 1 aromatic rings. The van der Waals surface area contributed by atoms with E-state index in [0.717, 1.165) is 17.3 Å². The Morgan fingerprint density at radius 3 is 2.50 bits per heavy atom. The summed E-state index contributed by atoms with van der Waals surface area (Å²) in [6.45, 7) is 4.83. The van der Waals surface area contributed by atoms with Crippen molar-refractivity contribution in [1.82, 2.24) is 5.43 Å². The van der Waals surface area contributed by atoms with Crippen LogP contribution >= 0.6 is 11.8 Å². The highest BCUT2D eigenvalue weighted by Gasteiger charge is 2.08. The van der Waals surface area contributed by atoms with Crippen LogP contribution in [0.25, 0.3) is 0 Å². The van der Waals surface area contributed by atoms with Crippen LogP contribution < -0.4 is 16.0 Å². The van der Waals surface area contributed by atoms with Gasteiger partial charge in [-0.3, -0.25) is 11.3 Å². The Morgan fingerprint density at radius 1 is 1.31 bits per heavy atom. The van der Waals surface area contributed by atoms with E-state index in [9.17, 15) is 0 Å². The molecule has 0 aromatic heterocycles. The van der Waals surface area contributed by atoms with E-state index < -0.39 is 0 Å². The smallest absolute Gasteiger partial charge is 0.119 e. The predicted octanol–water partition coefficient (Wildman–Crippen LogP) is 2.34. The van der Waals surface area contributed by atoms with Crippen molar-refractivity contribution in [2.75, 3.05) is 18.1 Å². The number of ether oxygens (including phenoxy) is 1. The Bertz CT molecular complexity index is 290. The summed E-state index contributed by atoms with van der Waals surface area (Å²) in [5, 5.41) is 0.